The first kappa shape index (κ1) is 11.3. The van der Waals surface area contributed by atoms with Crippen molar-refractivity contribution in [2.45, 2.75) is 0 Å². The number of carbonyl (C=O) groups is 1. The number of oxazole rings is 1. The van der Waals surface area contributed by atoms with Crippen LogP contribution in [-0.2, 0) is 0 Å². The van der Waals surface area contributed by atoms with Crippen molar-refractivity contribution in [3.05, 3.63) is 54.1 Å². The van der Waals surface area contributed by atoms with Gasteiger partial charge in [-0.3, -0.25) is 10.1 Å². The number of nitrogens with one attached hydrogen (secondary N) is 1. The molecular formula is C14H10N2O3. The molecule has 94 valence electrons. The maximum Gasteiger partial charge on any atom is 0.302 e. The Morgan fingerprint density at radius 1 is 1.11 bits per heavy atom. The molecule has 0 bridgehead atoms. The molecule has 0 aliphatic heterocycles. The van der Waals surface area contributed by atoms with E-state index in [2.05, 4.69) is 10.3 Å². The molecule has 0 aliphatic carbocycles. The molecule has 3 aromatic rings. The third-order valence-electron chi connectivity index (χ3n) is 2.66. The Kier molecular flexibility index (Phi) is 2.64. The largest absolute Gasteiger partial charge is 0.507 e. The minimum atomic E-state index is -0.468. The predicted octanol–water partition coefficient (Wildman–Crippen LogP) is 2.79. The SMILES string of the molecule is O=C(Nc1nc2ccccc2o1)c1ccccc1O. The van der Waals surface area contributed by atoms with Crippen molar-refractivity contribution in [1.29, 1.82) is 0 Å². The Morgan fingerprint density at radius 3 is 2.63 bits per heavy atom. The summed E-state index contributed by atoms with van der Waals surface area (Å²) in [6.07, 6.45) is 0. The third kappa shape index (κ3) is 2.13. The van der Waals surface area contributed by atoms with E-state index < -0.39 is 5.91 Å². The summed E-state index contributed by atoms with van der Waals surface area (Å²) in [7, 11) is 0. The smallest absolute Gasteiger partial charge is 0.302 e. The number of amides is 1. The zero-order valence-corrected chi connectivity index (χ0v) is 9.83. The summed E-state index contributed by atoms with van der Waals surface area (Å²) in [6, 6.07) is 13.6. The van der Waals surface area contributed by atoms with Crippen LogP contribution in [0.4, 0.5) is 6.01 Å². The fourth-order valence-electron chi connectivity index (χ4n) is 1.76. The van der Waals surface area contributed by atoms with Gasteiger partial charge in [-0.1, -0.05) is 24.3 Å². The fraction of sp³-hybridized carbons (Fsp3) is 0. The molecule has 2 N–H and O–H groups in total. The van der Waals surface area contributed by atoms with Crippen LogP contribution in [0.1, 0.15) is 10.4 Å². The minimum absolute atomic E-state index is 0.0869. The number of hydrogen-bond donors (Lipinski definition) is 2. The average molecular weight is 254 g/mol. The number of nitrogens with zero attached hydrogens (tertiary/aromatic N) is 1. The first-order valence-electron chi connectivity index (χ1n) is 5.69. The zero-order chi connectivity index (χ0) is 13.2. The Bertz CT molecular complexity index is 716. The van der Waals surface area contributed by atoms with Gasteiger partial charge in [-0.15, -0.1) is 0 Å². The maximum atomic E-state index is 11.9. The van der Waals surface area contributed by atoms with Crippen LogP contribution in [0.3, 0.4) is 0 Å². The predicted molar refractivity (Wildman–Crippen MR) is 70.1 cm³/mol. The number of phenols is 1. The lowest BCUT2D eigenvalue weighted by Crippen LogP contribution is -2.12. The normalized spacial score (nSPS) is 10.5. The van der Waals surface area contributed by atoms with Gasteiger partial charge in [0, 0.05) is 0 Å². The van der Waals surface area contributed by atoms with Gasteiger partial charge >= 0.3 is 6.01 Å². The molecule has 5 heteroatoms. The van der Waals surface area contributed by atoms with E-state index in [0.29, 0.717) is 11.1 Å². The standard InChI is InChI=1S/C14H10N2O3/c17-11-7-3-1-5-9(11)13(18)16-14-15-10-6-2-4-8-12(10)19-14/h1-8,17H,(H,15,16,18). The highest BCUT2D eigenvalue weighted by atomic mass is 16.4. The number of anilines is 1. The molecule has 0 saturated carbocycles. The van der Waals surface area contributed by atoms with Gasteiger partial charge in [0.1, 0.15) is 11.3 Å². The van der Waals surface area contributed by atoms with Crippen LogP contribution in [0, 0.1) is 0 Å². The molecule has 0 fully saturated rings. The minimum Gasteiger partial charge on any atom is -0.507 e. The number of phenolic OH excluding ortho intramolecular Hbond substituents is 1. The van der Waals surface area contributed by atoms with Crippen LogP contribution in [0.15, 0.2) is 52.9 Å². The highest BCUT2D eigenvalue weighted by Gasteiger charge is 2.13. The van der Waals surface area contributed by atoms with Crippen LogP contribution < -0.4 is 5.32 Å². The number of fused-ring (bicyclic) bond motifs is 1. The van der Waals surface area contributed by atoms with E-state index in [-0.39, 0.29) is 17.3 Å². The quantitative estimate of drug-likeness (QED) is 0.737. The summed E-state index contributed by atoms with van der Waals surface area (Å²) in [5, 5.41) is 12.1. The van der Waals surface area contributed by atoms with Crippen LogP contribution in [0.25, 0.3) is 11.1 Å². The van der Waals surface area contributed by atoms with Crippen LogP contribution in [0.2, 0.25) is 0 Å². The average Bonchev–Trinajstić information content (AvgIpc) is 2.81. The molecule has 0 saturated heterocycles. The lowest BCUT2D eigenvalue weighted by Gasteiger charge is -2.02. The van der Waals surface area contributed by atoms with Gasteiger partial charge in [0.15, 0.2) is 5.58 Å². The second-order valence-corrected chi connectivity index (χ2v) is 3.96. The van der Waals surface area contributed by atoms with Gasteiger partial charge in [-0.2, -0.15) is 4.98 Å². The lowest BCUT2D eigenvalue weighted by molar-refractivity contribution is 0.102. The second-order valence-electron chi connectivity index (χ2n) is 3.96. The molecule has 0 radical (unpaired) electrons. The molecule has 0 atom stereocenters. The number of hydrogen-bond acceptors (Lipinski definition) is 4. The summed E-state index contributed by atoms with van der Waals surface area (Å²) in [6.45, 7) is 0. The van der Waals surface area contributed by atoms with Crippen molar-refractivity contribution in [1.82, 2.24) is 4.98 Å². The van der Waals surface area contributed by atoms with E-state index in [9.17, 15) is 9.90 Å². The molecule has 0 aliphatic rings. The van der Waals surface area contributed by atoms with Crippen molar-refractivity contribution in [2.24, 2.45) is 0 Å². The maximum absolute atomic E-state index is 11.9. The van der Waals surface area contributed by atoms with E-state index in [1.165, 1.54) is 12.1 Å². The number of benzene rings is 2. The van der Waals surface area contributed by atoms with Gasteiger partial charge in [-0.05, 0) is 24.3 Å². The van der Waals surface area contributed by atoms with Crippen molar-refractivity contribution in [2.75, 3.05) is 5.32 Å². The monoisotopic (exact) mass is 254 g/mol. The molecular weight excluding hydrogens is 244 g/mol. The van der Waals surface area contributed by atoms with E-state index in [0.717, 1.165) is 0 Å². The molecule has 19 heavy (non-hydrogen) atoms. The number of para-hydroxylation sites is 3. The van der Waals surface area contributed by atoms with Crippen molar-refractivity contribution in [3.8, 4) is 5.75 Å². The molecule has 1 aromatic heterocycles. The third-order valence-corrected chi connectivity index (χ3v) is 2.66. The molecule has 2 aromatic carbocycles. The zero-order valence-electron chi connectivity index (χ0n) is 9.83. The molecule has 1 heterocycles. The van der Waals surface area contributed by atoms with Crippen LogP contribution in [0.5, 0.6) is 5.75 Å². The van der Waals surface area contributed by atoms with Crippen molar-refractivity contribution in [3.63, 3.8) is 0 Å². The Balaban J connectivity index is 1.89. The molecule has 3 rings (SSSR count). The first-order chi connectivity index (χ1) is 9.24. The summed E-state index contributed by atoms with van der Waals surface area (Å²) in [5.41, 5.74) is 1.43. The van der Waals surface area contributed by atoms with Gasteiger partial charge in [0.2, 0.25) is 0 Å². The van der Waals surface area contributed by atoms with Gasteiger partial charge in [0.25, 0.3) is 5.91 Å². The number of aromatic hydroxyl groups is 1. The molecule has 5 nitrogen and oxygen atoms in total. The topological polar surface area (TPSA) is 75.4 Å². The summed E-state index contributed by atoms with van der Waals surface area (Å²) < 4.78 is 5.38. The second kappa shape index (κ2) is 4.45. The summed E-state index contributed by atoms with van der Waals surface area (Å²) in [5.74, 6) is -0.555. The lowest BCUT2D eigenvalue weighted by atomic mass is 10.2. The summed E-state index contributed by atoms with van der Waals surface area (Å²) in [4.78, 5) is 16.1. The van der Waals surface area contributed by atoms with Crippen LogP contribution in [-0.4, -0.2) is 16.0 Å². The highest BCUT2D eigenvalue weighted by molar-refractivity contribution is 6.05. The van der Waals surface area contributed by atoms with E-state index >= 15 is 0 Å². The first-order valence-corrected chi connectivity index (χ1v) is 5.69. The molecule has 0 unspecified atom stereocenters. The van der Waals surface area contributed by atoms with Gasteiger partial charge in [0.05, 0.1) is 5.56 Å². The number of carbonyl (C=O) groups excluding carboxylic acids is 1. The number of aromatic nitrogens is 1. The van der Waals surface area contributed by atoms with Crippen LogP contribution >= 0.6 is 0 Å². The van der Waals surface area contributed by atoms with Crippen molar-refractivity contribution >= 4 is 23.0 Å². The fourth-order valence-corrected chi connectivity index (χ4v) is 1.76. The highest BCUT2D eigenvalue weighted by Crippen LogP contribution is 2.20. The van der Waals surface area contributed by atoms with E-state index in [4.69, 9.17) is 4.42 Å². The Morgan fingerprint density at radius 2 is 1.84 bits per heavy atom. The molecule has 0 spiro atoms. The number of rotatable bonds is 2. The summed E-state index contributed by atoms with van der Waals surface area (Å²) >= 11 is 0. The van der Waals surface area contributed by atoms with E-state index in [1.54, 1.807) is 24.3 Å². The molecule has 1 amide bonds. The van der Waals surface area contributed by atoms with Crippen molar-refractivity contribution < 1.29 is 14.3 Å². The van der Waals surface area contributed by atoms with Gasteiger partial charge < -0.3 is 9.52 Å². The Hall–Kier alpha value is -2.82. The van der Waals surface area contributed by atoms with Gasteiger partial charge in [-0.25, -0.2) is 0 Å². The Labute approximate surface area is 108 Å². The van der Waals surface area contributed by atoms with E-state index in [1.807, 2.05) is 12.1 Å².